The van der Waals surface area contributed by atoms with E-state index in [0.717, 1.165) is 11.3 Å². The lowest BCUT2D eigenvalue weighted by atomic mass is 10.2. The lowest BCUT2D eigenvalue weighted by Crippen LogP contribution is -2.40. The Labute approximate surface area is 182 Å². The molecule has 0 aliphatic carbocycles. The molecule has 5 nitrogen and oxygen atoms in total. The molecule has 6 heteroatoms. The van der Waals surface area contributed by atoms with Crippen LogP contribution in [-0.2, 0) is 6.54 Å². The molecule has 1 amide bonds. The first kappa shape index (κ1) is 21.3. The number of amides is 1. The van der Waals surface area contributed by atoms with Gasteiger partial charge < -0.3 is 14.4 Å². The lowest BCUT2D eigenvalue weighted by Gasteiger charge is -2.20. The third-order valence-electron chi connectivity index (χ3n) is 4.31. The van der Waals surface area contributed by atoms with Crippen LogP contribution in [0.2, 0.25) is 0 Å². The molecule has 0 aromatic heterocycles. The summed E-state index contributed by atoms with van der Waals surface area (Å²) < 4.78 is 11.2. The monoisotopic (exact) mass is 420 g/mol. The summed E-state index contributed by atoms with van der Waals surface area (Å²) in [4.78, 5) is 14.3. The number of rotatable bonds is 8. The predicted molar refractivity (Wildman–Crippen MR) is 122 cm³/mol. The maximum atomic E-state index is 12.5. The fourth-order valence-electron chi connectivity index (χ4n) is 2.73. The maximum absolute atomic E-state index is 12.5. The second kappa shape index (κ2) is 11.0. The van der Waals surface area contributed by atoms with Gasteiger partial charge in [-0.05, 0) is 54.2 Å². The number of thiocarbonyl (C=S) groups is 1. The van der Waals surface area contributed by atoms with Crippen molar-refractivity contribution in [1.29, 1.82) is 0 Å². The Morgan fingerprint density at radius 1 is 0.833 bits per heavy atom. The van der Waals surface area contributed by atoms with Gasteiger partial charge in [0, 0.05) is 19.2 Å². The highest BCUT2D eigenvalue weighted by atomic mass is 32.1. The van der Waals surface area contributed by atoms with E-state index in [-0.39, 0.29) is 5.91 Å². The highest BCUT2D eigenvalue weighted by Gasteiger charge is 2.11. The minimum Gasteiger partial charge on any atom is -0.490 e. The standard InChI is InChI=1S/C24H24N2O3S/c1-26(18-19-8-4-2-5-9-19)24(30)25-23(27)20-12-14-22(15-13-20)29-17-16-28-21-10-6-3-7-11-21/h2-15H,16-18H2,1H3,(H,25,27,30). The molecule has 3 aromatic carbocycles. The van der Waals surface area contributed by atoms with Gasteiger partial charge in [-0.1, -0.05) is 48.5 Å². The third kappa shape index (κ3) is 6.60. The van der Waals surface area contributed by atoms with E-state index >= 15 is 0 Å². The van der Waals surface area contributed by atoms with Gasteiger partial charge in [0.15, 0.2) is 5.11 Å². The van der Waals surface area contributed by atoms with Crippen LogP contribution in [0.1, 0.15) is 15.9 Å². The number of benzene rings is 3. The molecule has 0 bridgehead atoms. The molecule has 0 spiro atoms. The fourth-order valence-corrected chi connectivity index (χ4v) is 2.89. The van der Waals surface area contributed by atoms with E-state index < -0.39 is 0 Å². The van der Waals surface area contributed by atoms with E-state index in [0.29, 0.717) is 36.2 Å². The maximum Gasteiger partial charge on any atom is 0.257 e. The number of nitrogens with zero attached hydrogens (tertiary/aromatic N) is 1. The molecule has 0 heterocycles. The molecule has 0 aliphatic heterocycles. The second-order valence-electron chi connectivity index (χ2n) is 6.64. The summed E-state index contributed by atoms with van der Waals surface area (Å²) in [6, 6.07) is 26.5. The summed E-state index contributed by atoms with van der Waals surface area (Å²) in [6.45, 7) is 1.47. The molecule has 1 N–H and O–H groups in total. The summed E-state index contributed by atoms with van der Waals surface area (Å²) in [6.07, 6.45) is 0. The Bertz CT molecular complexity index is 947. The van der Waals surface area contributed by atoms with Crippen molar-refractivity contribution in [2.75, 3.05) is 20.3 Å². The zero-order valence-corrected chi connectivity index (χ0v) is 17.6. The van der Waals surface area contributed by atoms with Gasteiger partial charge in [-0.3, -0.25) is 10.1 Å². The largest absolute Gasteiger partial charge is 0.490 e. The van der Waals surface area contributed by atoms with E-state index in [9.17, 15) is 4.79 Å². The van der Waals surface area contributed by atoms with E-state index in [1.54, 1.807) is 24.3 Å². The van der Waals surface area contributed by atoms with Gasteiger partial charge >= 0.3 is 0 Å². The minimum absolute atomic E-state index is 0.251. The fraction of sp³-hybridized carbons (Fsp3) is 0.167. The van der Waals surface area contributed by atoms with Crippen LogP contribution in [0.3, 0.4) is 0 Å². The van der Waals surface area contributed by atoms with Crippen molar-refractivity contribution in [3.05, 3.63) is 96.1 Å². The molecule has 0 aliphatic rings. The first-order valence-corrected chi connectivity index (χ1v) is 10.0. The van der Waals surface area contributed by atoms with Crippen LogP contribution in [0.5, 0.6) is 11.5 Å². The first-order chi connectivity index (χ1) is 14.6. The van der Waals surface area contributed by atoms with Crippen molar-refractivity contribution in [2.24, 2.45) is 0 Å². The lowest BCUT2D eigenvalue weighted by molar-refractivity contribution is 0.0973. The number of hydrogen-bond acceptors (Lipinski definition) is 4. The minimum atomic E-state index is -0.251. The highest BCUT2D eigenvalue weighted by molar-refractivity contribution is 7.80. The first-order valence-electron chi connectivity index (χ1n) is 9.63. The van der Waals surface area contributed by atoms with E-state index in [4.69, 9.17) is 21.7 Å². The normalized spacial score (nSPS) is 10.2. The molecular weight excluding hydrogens is 396 g/mol. The number of hydrogen-bond donors (Lipinski definition) is 1. The number of para-hydroxylation sites is 1. The second-order valence-corrected chi connectivity index (χ2v) is 7.02. The quantitative estimate of drug-likeness (QED) is 0.435. The predicted octanol–water partition coefficient (Wildman–Crippen LogP) is 4.29. The number of ether oxygens (including phenoxy) is 2. The number of carbonyl (C=O) groups excluding carboxylic acids is 1. The zero-order chi connectivity index (χ0) is 21.2. The van der Waals surface area contributed by atoms with Gasteiger partial charge in [-0.25, -0.2) is 0 Å². The molecule has 30 heavy (non-hydrogen) atoms. The molecule has 0 unspecified atom stereocenters. The summed E-state index contributed by atoms with van der Waals surface area (Å²) in [5, 5.41) is 3.14. The van der Waals surface area contributed by atoms with Crippen LogP contribution in [0.25, 0.3) is 0 Å². The Hall–Kier alpha value is -3.38. The number of nitrogens with one attached hydrogen (secondary N) is 1. The molecule has 0 saturated carbocycles. The molecular formula is C24H24N2O3S. The van der Waals surface area contributed by atoms with Gasteiger partial charge in [-0.15, -0.1) is 0 Å². The molecule has 0 atom stereocenters. The molecule has 3 aromatic rings. The Morgan fingerprint density at radius 2 is 1.37 bits per heavy atom. The van der Waals surface area contributed by atoms with E-state index in [1.807, 2.05) is 72.6 Å². The molecule has 0 radical (unpaired) electrons. The summed E-state index contributed by atoms with van der Waals surface area (Å²) in [5.41, 5.74) is 1.63. The average molecular weight is 421 g/mol. The molecule has 0 fully saturated rings. The van der Waals surface area contributed by atoms with Crippen molar-refractivity contribution >= 4 is 23.2 Å². The van der Waals surface area contributed by atoms with Crippen molar-refractivity contribution in [3.63, 3.8) is 0 Å². The van der Waals surface area contributed by atoms with Gasteiger partial charge in [0.1, 0.15) is 24.7 Å². The van der Waals surface area contributed by atoms with Crippen molar-refractivity contribution in [1.82, 2.24) is 10.2 Å². The topological polar surface area (TPSA) is 50.8 Å². The van der Waals surface area contributed by atoms with Crippen LogP contribution in [0.4, 0.5) is 0 Å². The number of carbonyl (C=O) groups is 1. The van der Waals surface area contributed by atoms with Crippen LogP contribution >= 0.6 is 12.2 Å². The molecule has 0 saturated heterocycles. The Morgan fingerprint density at radius 3 is 1.97 bits per heavy atom. The third-order valence-corrected chi connectivity index (χ3v) is 4.72. The van der Waals surface area contributed by atoms with Crippen LogP contribution in [0.15, 0.2) is 84.9 Å². The Balaban J connectivity index is 1.43. The van der Waals surface area contributed by atoms with E-state index in [1.165, 1.54) is 0 Å². The van der Waals surface area contributed by atoms with Crippen molar-refractivity contribution in [3.8, 4) is 11.5 Å². The van der Waals surface area contributed by atoms with Crippen molar-refractivity contribution in [2.45, 2.75) is 6.54 Å². The Kier molecular flexibility index (Phi) is 7.80. The van der Waals surface area contributed by atoms with Crippen LogP contribution < -0.4 is 14.8 Å². The van der Waals surface area contributed by atoms with Gasteiger partial charge in [-0.2, -0.15) is 0 Å². The smallest absolute Gasteiger partial charge is 0.257 e. The van der Waals surface area contributed by atoms with Crippen LogP contribution in [0, 0.1) is 0 Å². The summed E-state index contributed by atoms with van der Waals surface area (Å²) in [7, 11) is 1.85. The SMILES string of the molecule is CN(Cc1ccccc1)C(=S)NC(=O)c1ccc(OCCOc2ccccc2)cc1. The van der Waals surface area contributed by atoms with Gasteiger partial charge in [0.05, 0.1) is 0 Å². The molecule has 154 valence electrons. The van der Waals surface area contributed by atoms with Gasteiger partial charge in [0.2, 0.25) is 0 Å². The molecule has 3 rings (SSSR count). The summed E-state index contributed by atoms with van der Waals surface area (Å²) in [5.74, 6) is 1.23. The van der Waals surface area contributed by atoms with Crippen LogP contribution in [-0.4, -0.2) is 36.2 Å². The van der Waals surface area contributed by atoms with E-state index in [2.05, 4.69) is 5.32 Å². The van der Waals surface area contributed by atoms with Crippen molar-refractivity contribution < 1.29 is 14.3 Å². The average Bonchev–Trinajstić information content (AvgIpc) is 2.78. The van der Waals surface area contributed by atoms with Gasteiger partial charge in [0.25, 0.3) is 5.91 Å². The zero-order valence-electron chi connectivity index (χ0n) is 16.8. The highest BCUT2D eigenvalue weighted by Crippen LogP contribution is 2.13. The summed E-state index contributed by atoms with van der Waals surface area (Å²) >= 11 is 5.34.